The van der Waals surface area contributed by atoms with E-state index in [-0.39, 0.29) is 0 Å². The van der Waals surface area contributed by atoms with Gasteiger partial charge < -0.3 is 0 Å². The van der Waals surface area contributed by atoms with Crippen molar-refractivity contribution >= 4 is 0 Å². The predicted octanol–water partition coefficient (Wildman–Crippen LogP) is 6.12. The summed E-state index contributed by atoms with van der Waals surface area (Å²) in [7, 11) is 0. The van der Waals surface area contributed by atoms with Gasteiger partial charge in [-0.2, -0.15) is 0 Å². The highest BCUT2D eigenvalue weighted by atomic mass is 14.1. The molecule has 0 saturated carbocycles. The summed E-state index contributed by atoms with van der Waals surface area (Å²) in [4.78, 5) is 0. The van der Waals surface area contributed by atoms with Crippen LogP contribution in [0, 0.1) is 5.92 Å². The minimum Gasteiger partial charge on any atom is -0.103 e. The molecule has 0 N–H and O–H groups in total. The third-order valence-corrected chi connectivity index (χ3v) is 3.56. The lowest BCUT2D eigenvalue weighted by atomic mass is 9.93. The van der Waals surface area contributed by atoms with Crippen molar-refractivity contribution in [1.82, 2.24) is 0 Å². The summed E-state index contributed by atoms with van der Waals surface area (Å²) in [5.74, 6) is 1.01. The molecule has 16 heavy (non-hydrogen) atoms. The van der Waals surface area contributed by atoms with E-state index in [4.69, 9.17) is 0 Å². The Hall–Kier alpha value is -0.260. The van der Waals surface area contributed by atoms with Gasteiger partial charge in [0.1, 0.15) is 0 Å². The second-order valence-electron chi connectivity index (χ2n) is 5.05. The van der Waals surface area contributed by atoms with Gasteiger partial charge in [0.2, 0.25) is 0 Å². The summed E-state index contributed by atoms with van der Waals surface area (Å²) in [5.41, 5.74) is 0. The van der Waals surface area contributed by atoms with Gasteiger partial charge in [-0.25, -0.2) is 0 Å². The Bertz CT molecular complexity index is 137. The van der Waals surface area contributed by atoms with Crippen molar-refractivity contribution in [2.24, 2.45) is 5.92 Å². The van der Waals surface area contributed by atoms with Gasteiger partial charge in [-0.3, -0.25) is 0 Å². The van der Waals surface area contributed by atoms with Gasteiger partial charge in [-0.15, -0.1) is 6.58 Å². The van der Waals surface area contributed by atoms with E-state index in [1.165, 1.54) is 70.6 Å². The largest absolute Gasteiger partial charge is 0.103 e. The summed E-state index contributed by atoms with van der Waals surface area (Å²) in [6.07, 6.45) is 17.4. The zero-order chi connectivity index (χ0) is 12.1. The van der Waals surface area contributed by atoms with Gasteiger partial charge in [0.25, 0.3) is 0 Å². The van der Waals surface area contributed by atoms with Crippen molar-refractivity contribution in [3.63, 3.8) is 0 Å². The van der Waals surface area contributed by atoms with Crippen LogP contribution in [0.5, 0.6) is 0 Å². The molecule has 0 nitrogen and oxygen atoms in total. The maximum atomic E-state index is 3.76. The van der Waals surface area contributed by atoms with Crippen LogP contribution in [0.4, 0.5) is 0 Å². The molecule has 0 aliphatic heterocycles. The summed E-state index contributed by atoms with van der Waals surface area (Å²) in [6.45, 7) is 8.41. The molecule has 0 aliphatic carbocycles. The molecular weight excluding hydrogens is 192 g/mol. The fourth-order valence-electron chi connectivity index (χ4n) is 2.30. The molecule has 1 unspecified atom stereocenters. The molecule has 96 valence electrons. The van der Waals surface area contributed by atoms with E-state index in [0.717, 1.165) is 5.92 Å². The maximum absolute atomic E-state index is 3.76. The number of unbranched alkanes of at least 4 members (excludes halogenated alkanes) is 6. The van der Waals surface area contributed by atoms with E-state index in [2.05, 4.69) is 20.4 Å². The van der Waals surface area contributed by atoms with Crippen LogP contribution in [-0.2, 0) is 0 Å². The lowest BCUT2D eigenvalue weighted by molar-refractivity contribution is 0.400. The molecule has 0 radical (unpaired) electrons. The Labute approximate surface area is 104 Å². The lowest BCUT2D eigenvalue weighted by Gasteiger charge is -2.13. The summed E-state index contributed by atoms with van der Waals surface area (Å²) in [6, 6.07) is 0. The standard InChI is InChI=1S/C16H32/c1-4-7-9-10-11-12-13-15-16(6-3)14-8-5-2/h4,16H,1,5-15H2,2-3H3. The Morgan fingerprint density at radius 3 is 2.12 bits per heavy atom. The first-order valence-corrected chi connectivity index (χ1v) is 7.46. The highest BCUT2D eigenvalue weighted by molar-refractivity contribution is 4.65. The van der Waals surface area contributed by atoms with E-state index < -0.39 is 0 Å². The van der Waals surface area contributed by atoms with Crippen LogP contribution < -0.4 is 0 Å². The van der Waals surface area contributed by atoms with E-state index in [1.54, 1.807) is 0 Å². The van der Waals surface area contributed by atoms with Crippen molar-refractivity contribution in [2.45, 2.75) is 84.5 Å². The fraction of sp³-hybridized carbons (Fsp3) is 0.875. The van der Waals surface area contributed by atoms with E-state index >= 15 is 0 Å². The molecular formula is C16H32. The molecule has 0 heterocycles. The van der Waals surface area contributed by atoms with Crippen LogP contribution >= 0.6 is 0 Å². The van der Waals surface area contributed by atoms with Gasteiger partial charge in [0, 0.05) is 0 Å². The third-order valence-electron chi connectivity index (χ3n) is 3.56. The highest BCUT2D eigenvalue weighted by Crippen LogP contribution is 2.20. The van der Waals surface area contributed by atoms with Gasteiger partial charge in [-0.05, 0) is 18.8 Å². The van der Waals surface area contributed by atoms with Crippen LogP contribution in [0.15, 0.2) is 12.7 Å². The SMILES string of the molecule is C=CCCCCCCCC(CC)CCCC. The topological polar surface area (TPSA) is 0 Å². The van der Waals surface area contributed by atoms with E-state index in [1.807, 2.05) is 6.08 Å². The van der Waals surface area contributed by atoms with Crippen molar-refractivity contribution in [3.8, 4) is 0 Å². The summed E-state index contributed by atoms with van der Waals surface area (Å²) >= 11 is 0. The molecule has 1 atom stereocenters. The Morgan fingerprint density at radius 1 is 0.875 bits per heavy atom. The quantitative estimate of drug-likeness (QED) is 0.277. The van der Waals surface area contributed by atoms with Crippen molar-refractivity contribution in [1.29, 1.82) is 0 Å². The first-order valence-electron chi connectivity index (χ1n) is 7.46. The van der Waals surface area contributed by atoms with Crippen molar-refractivity contribution in [3.05, 3.63) is 12.7 Å². The van der Waals surface area contributed by atoms with Crippen LogP contribution in [0.25, 0.3) is 0 Å². The first-order chi connectivity index (χ1) is 7.85. The highest BCUT2D eigenvalue weighted by Gasteiger charge is 2.04. The lowest BCUT2D eigenvalue weighted by Crippen LogP contribution is -1.98. The molecule has 0 aromatic heterocycles. The Kier molecular flexibility index (Phi) is 12.6. The van der Waals surface area contributed by atoms with Gasteiger partial charge in [-0.1, -0.05) is 77.7 Å². The molecule has 0 bridgehead atoms. The van der Waals surface area contributed by atoms with E-state index in [0.29, 0.717) is 0 Å². The zero-order valence-electron chi connectivity index (χ0n) is 11.6. The second kappa shape index (κ2) is 12.8. The minimum absolute atomic E-state index is 1.01. The number of hydrogen-bond acceptors (Lipinski definition) is 0. The van der Waals surface area contributed by atoms with Gasteiger partial charge in [0.15, 0.2) is 0 Å². The average molecular weight is 224 g/mol. The van der Waals surface area contributed by atoms with Crippen molar-refractivity contribution < 1.29 is 0 Å². The molecule has 0 spiro atoms. The maximum Gasteiger partial charge on any atom is -0.0353 e. The Balaban J connectivity index is 3.23. The molecule has 0 aromatic rings. The Morgan fingerprint density at radius 2 is 1.50 bits per heavy atom. The molecule has 0 fully saturated rings. The number of allylic oxidation sites excluding steroid dienone is 1. The molecule has 0 aliphatic rings. The second-order valence-corrected chi connectivity index (χ2v) is 5.05. The minimum atomic E-state index is 1.01. The monoisotopic (exact) mass is 224 g/mol. The average Bonchev–Trinajstić information content (AvgIpc) is 2.32. The smallest absolute Gasteiger partial charge is 0.0353 e. The predicted molar refractivity (Wildman–Crippen MR) is 75.8 cm³/mol. The van der Waals surface area contributed by atoms with Crippen LogP contribution in [-0.4, -0.2) is 0 Å². The van der Waals surface area contributed by atoms with Gasteiger partial charge >= 0.3 is 0 Å². The zero-order valence-corrected chi connectivity index (χ0v) is 11.6. The fourth-order valence-corrected chi connectivity index (χ4v) is 2.30. The molecule has 0 heteroatoms. The first kappa shape index (κ1) is 15.7. The summed E-state index contributed by atoms with van der Waals surface area (Å²) < 4.78 is 0. The van der Waals surface area contributed by atoms with Gasteiger partial charge in [0.05, 0.1) is 0 Å². The van der Waals surface area contributed by atoms with Crippen LogP contribution in [0.1, 0.15) is 84.5 Å². The molecule has 0 rings (SSSR count). The van der Waals surface area contributed by atoms with E-state index in [9.17, 15) is 0 Å². The molecule has 0 saturated heterocycles. The summed E-state index contributed by atoms with van der Waals surface area (Å²) in [5, 5.41) is 0. The van der Waals surface area contributed by atoms with Crippen LogP contribution in [0.3, 0.4) is 0 Å². The van der Waals surface area contributed by atoms with Crippen LogP contribution in [0.2, 0.25) is 0 Å². The molecule has 0 aromatic carbocycles. The normalized spacial score (nSPS) is 12.6. The van der Waals surface area contributed by atoms with Crippen molar-refractivity contribution in [2.75, 3.05) is 0 Å². The third kappa shape index (κ3) is 10.3. The molecule has 0 amide bonds. The number of rotatable bonds is 12. The number of hydrogen-bond donors (Lipinski definition) is 0.